The van der Waals surface area contributed by atoms with Crippen molar-refractivity contribution in [3.63, 3.8) is 0 Å². The van der Waals surface area contributed by atoms with E-state index >= 15 is 0 Å². The standard InChI is InChI=1S/C12H17N3O6S2/c13-23(20,21)8-1-2-9(10(5-8)15(18)19)14-6-7-3-4-22-12(17)11(7)16/h1-2,5,7,11-12,14,16-17H,3-4,6H2,(H2,13,20,21). The molecule has 128 valence electrons. The molecular formula is C12H17N3O6S2. The molecule has 1 fully saturated rings. The molecule has 23 heavy (non-hydrogen) atoms. The highest BCUT2D eigenvalue weighted by molar-refractivity contribution is 7.99. The van der Waals surface area contributed by atoms with Crippen molar-refractivity contribution in [2.75, 3.05) is 17.6 Å². The molecule has 3 atom stereocenters. The van der Waals surface area contributed by atoms with E-state index in [0.29, 0.717) is 12.2 Å². The molecule has 9 nitrogen and oxygen atoms in total. The van der Waals surface area contributed by atoms with Crippen molar-refractivity contribution in [2.24, 2.45) is 11.1 Å². The number of nitro benzene ring substituents is 1. The quantitative estimate of drug-likeness (QED) is 0.423. The van der Waals surface area contributed by atoms with Crippen molar-refractivity contribution in [2.45, 2.75) is 22.9 Å². The lowest BCUT2D eigenvalue weighted by Crippen LogP contribution is -2.39. The summed E-state index contributed by atoms with van der Waals surface area (Å²) in [6.07, 6.45) is -0.275. The first-order valence-corrected chi connectivity index (χ1v) is 9.32. The number of primary sulfonamides is 1. The molecule has 1 aliphatic heterocycles. The second-order valence-electron chi connectivity index (χ2n) is 5.16. The van der Waals surface area contributed by atoms with Crippen molar-refractivity contribution >= 4 is 33.2 Å². The number of hydrogen-bond donors (Lipinski definition) is 4. The molecule has 5 N–H and O–H groups in total. The van der Waals surface area contributed by atoms with Gasteiger partial charge in [-0.1, -0.05) is 0 Å². The zero-order valence-electron chi connectivity index (χ0n) is 12.0. The van der Waals surface area contributed by atoms with Crippen molar-refractivity contribution in [3.05, 3.63) is 28.3 Å². The molecule has 0 amide bonds. The van der Waals surface area contributed by atoms with Gasteiger partial charge in [0.25, 0.3) is 5.69 Å². The van der Waals surface area contributed by atoms with E-state index in [0.717, 1.165) is 6.07 Å². The summed E-state index contributed by atoms with van der Waals surface area (Å²) < 4.78 is 22.5. The smallest absolute Gasteiger partial charge is 0.293 e. The number of thioether (sulfide) groups is 1. The lowest BCUT2D eigenvalue weighted by Gasteiger charge is -2.31. The number of aliphatic hydroxyl groups excluding tert-OH is 2. The van der Waals surface area contributed by atoms with Crippen LogP contribution in [-0.2, 0) is 10.0 Å². The van der Waals surface area contributed by atoms with Gasteiger partial charge in [0.1, 0.15) is 11.1 Å². The molecule has 1 aromatic rings. The number of nitrogens with one attached hydrogen (secondary N) is 1. The fourth-order valence-corrected chi connectivity index (χ4v) is 3.93. The Labute approximate surface area is 137 Å². The molecular weight excluding hydrogens is 346 g/mol. The average molecular weight is 363 g/mol. The van der Waals surface area contributed by atoms with Gasteiger partial charge >= 0.3 is 0 Å². The second kappa shape index (κ2) is 7.01. The minimum atomic E-state index is -4.04. The van der Waals surface area contributed by atoms with Crippen LogP contribution in [0.5, 0.6) is 0 Å². The second-order valence-corrected chi connectivity index (χ2v) is 7.95. The minimum absolute atomic E-state index is 0.127. The number of nitro groups is 1. The van der Waals surface area contributed by atoms with E-state index in [2.05, 4.69) is 5.32 Å². The molecule has 1 heterocycles. The van der Waals surface area contributed by atoms with Gasteiger partial charge in [-0.15, -0.1) is 11.8 Å². The lowest BCUT2D eigenvalue weighted by atomic mass is 9.99. The zero-order valence-corrected chi connectivity index (χ0v) is 13.6. The highest BCUT2D eigenvalue weighted by Gasteiger charge is 2.31. The minimum Gasteiger partial charge on any atom is -0.389 e. The van der Waals surface area contributed by atoms with Gasteiger partial charge in [0.15, 0.2) is 0 Å². The number of nitrogens with two attached hydrogens (primary N) is 1. The van der Waals surface area contributed by atoms with Crippen LogP contribution in [0.4, 0.5) is 11.4 Å². The normalized spacial score (nSPS) is 25.1. The van der Waals surface area contributed by atoms with E-state index < -0.39 is 32.2 Å². The Bertz CT molecular complexity index is 696. The average Bonchev–Trinajstić information content (AvgIpc) is 2.47. The molecule has 0 bridgehead atoms. The Morgan fingerprint density at radius 3 is 2.74 bits per heavy atom. The van der Waals surface area contributed by atoms with Crippen LogP contribution in [0, 0.1) is 16.0 Å². The van der Waals surface area contributed by atoms with Crippen LogP contribution in [0.25, 0.3) is 0 Å². The fraction of sp³-hybridized carbons (Fsp3) is 0.500. The number of rotatable bonds is 5. The van der Waals surface area contributed by atoms with Gasteiger partial charge in [-0.25, -0.2) is 13.6 Å². The van der Waals surface area contributed by atoms with E-state index in [9.17, 15) is 28.7 Å². The number of sulfonamides is 1. The van der Waals surface area contributed by atoms with Crippen LogP contribution >= 0.6 is 11.8 Å². The number of hydrogen-bond acceptors (Lipinski definition) is 8. The topological polar surface area (TPSA) is 156 Å². The van der Waals surface area contributed by atoms with E-state index in [1.807, 2.05) is 0 Å². The van der Waals surface area contributed by atoms with Gasteiger partial charge < -0.3 is 15.5 Å². The van der Waals surface area contributed by atoms with Gasteiger partial charge in [0.2, 0.25) is 10.0 Å². The van der Waals surface area contributed by atoms with Gasteiger partial charge in [-0.3, -0.25) is 10.1 Å². The van der Waals surface area contributed by atoms with E-state index in [1.165, 1.54) is 23.9 Å². The molecule has 0 aliphatic carbocycles. The van der Waals surface area contributed by atoms with Gasteiger partial charge in [0, 0.05) is 18.5 Å². The molecule has 1 aromatic carbocycles. The number of benzene rings is 1. The molecule has 1 aliphatic rings. The largest absolute Gasteiger partial charge is 0.389 e. The van der Waals surface area contributed by atoms with Crippen LogP contribution in [0.15, 0.2) is 23.1 Å². The monoisotopic (exact) mass is 363 g/mol. The van der Waals surface area contributed by atoms with Crippen molar-refractivity contribution in [1.82, 2.24) is 0 Å². The Morgan fingerprint density at radius 1 is 1.43 bits per heavy atom. The first-order chi connectivity index (χ1) is 10.7. The summed E-state index contributed by atoms with van der Waals surface area (Å²) in [6, 6.07) is 3.32. The SMILES string of the molecule is NS(=O)(=O)c1ccc(NCC2CCSC(O)C2O)c([N+](=O)[O-])c1. The first kappa shape index (κ1) is 17.9. The van der Waals surface area contributed by atoms with Crippen LogP contribution < -0.4 is 10.5 Å². The van der Waals surface area contributed by atoms with Crippen LogP contribution in [0.1, 0.15) is 6.42 Å². The maximum absolute atomic E-state index is 11.3. The summed E-state index contributed by atoms with van der Waals surface area (Å²) in [6.45, 7) is 0.217. The molecule has 1 saturated heterocycles. The van der Waals surface area contributed by atoms with Crippen LogP contribution in [-0.4, -0.2) is 47.4 Å². The maximum Gasteiger partial charge on any atom is 0.293 e. The third-order valence-corrected chi connectivity index (χ3v) is 5.60. The van der Waals surface area contributed by atoms with Crippen molar-refractivity contribution < 1.29 is 23.6 Å². The zero-order chi connectivity index (χ0) is 17.2. The number of aliphatic hydroxyl groups is 2. The predicted molar refractivity (Wildman–Crippen MR) is 85.5 cm³/mol. The Hall–Kier alpha value is -1.40. The van der Waals surface area contributed by atoms with Crippen LogP contribution in [0.2, 0.25) is 0 Å². The summed E-state index contributed by atoms with van der Waals surface area (Å²) in [5.74, 6) is 0.417. The van der Waals surface area contributed by atoms with Gasteiger partial charge in [-0.2, -0.15) is 0 Å². The molecule has 11 heteroatoms. The Kier molecular flexibility index (Phi) is 5.47. The molecule has 0 radical (unpaired) electrons. The lowest BCUT2D eigenvalue weighted by molar-refractivity contribution is -0.384. The van der Waals surface area contributed by atoms with E-state index in [4.69, 9.17) is 5.14 Å². The Balaban J connectivity index is 2.18. The third kappa shape index (κ3) is 4.32. The van der Waals surface area contributed by atoms with Crippen molar-refractivity contribution in [3.8, 4) is 0 Å². The highest BCUT2D eigenvalue weighted by atomic mass is 32.2. The van der Waals surface area contributed by atoms with E-state index in [1.54, 1.807) is 0 Å². The fourth-order valence-electron chi connectivity index (χ4n) is 2.30. The number of nitrogens with zero attached hydrogens (tertiary/aromatic N) is 1. The van der Waals surface area contributed by atoms with Crippen molar-refractivity contribution in [1.29, 1.82) is 0 Å². The molecule has 0 aromatic heterocycles. The number of anilines is 1. The third-order valence-electron chi connectivity index (χ3n) is 3.60. The van der Waals surface area contributed by atoms with Gasteiger partial charge in [-0.05, 0) is 24.3 Å². The molecule has 0 spiro atoms. The van der Waals surface area contributed by atoms with Gasteiger partial charge in [0.05, 0.1) is 15.9 Å². The summed E-state index contributed by atoms with van der Waals surface area (Å²) in [5.41, 5.74) is -1.17. The summed E-state index contributed by atoms with van der Waals surface area (Å²) >= 11 is 1.25. The highest BCUT2D eigenvalue weighted by Crippen LogP contribution is 2.31. The molecule has 2 rings (SSSR count). The van der Waals surface area contributed by atoms with Crippen LogP contribution in [0.3, 0.4) is 0 Å². The molecule has 3 unspecified atom stereocenters. The predicted octanol–water partition coefficient (Wildman–Crippen LogP) is 0.0865. The van der Waals surface area contributed by atoms with E-state index in [-0.39, 0.29) is 23.0 Å². The summed E-state index contributed by atoms with van der Waals surface area (Å²) in [7, 11) is -4.04. The first-order valence-electron chi connectivity index (χ1n) is 6.73. The summed E-state index contributed by atoms with van der Waals surface area (Å²) in [4.78, 5) is 10.0. The Morgan fingerprint density at radius 2 is 2.13 bits per heavy atom. The maximum atomic E-state index is 11.3. The molecule has 0 saturated carbocycles. The summed E-state index contributed by atoms with van der Waals surface area (Å²) in [5, 5.41) is 38.4.